The number of anilines is 2. The average Bonchev–Trinajstić information content (AvgIpc) is 2.77. The lowest BCUT2D eigenvalue weighted by Gasteiger charge is -2.06. The number of aromatic nitrogens is 2. The van der Waals surface area contributed by atoms with Gasteiger partial charge in [-0.25, -0.2) is 4.98 Å². The van der Waals surface area contributed by atoms with E-state index in [4.69, 9.17) is 16.1 Å². The molecule has 0 aromatic carbocycles. The predicted octanol–water partition coefficient (Wildman–Crippen LogP) is 2.72. The van der Waals surface area contributed by atoms with Crippen LogP contribution in [-0.2, 0) is 0 Å². The van der Waals surface area contributed by atoms with Gasteiger partial charge < -0.3 is 9.84 Å². The van der Waals surface area contributed by atoms with Crippen molar-refractivity contribution < 1.29 is 9.32 Å². The second-order valence-corrected chi connectivity index (χ2v) is 4.25. The highest BCUT2D eigenvalue weighted by molar-refractivity contribution is 6.34. The summed E-state index contributed by atoms with van der Waals surface area (Å²) in [6, 6.07) is 4.94. The summed E-state index contributed by atoms with van der Waals surface area (Å²) >= 11 is 5.97. The summed E-state index contributed by atoms with van der Waals surface area (Å²) in [6.07, 6.45) is 0. The fraction of sp³-hybridized carbons (Fsp3) is 0.250. The van der Waals surface area contributed by atoms with Gasteiger partial charge in [0, 0.05) is 12.6 Å². The zero-order chi connectivity index (χ0) is 13.8. The van der Waals surface area contributed by atoms with Crippen molar-refractivity contribution in [3.63, 3.8) is 0 Å². The Morgan fingerprint density at radius 2 is 2.26 bits per heavy atom. The first-order valence-corrected chi connectivity index (χ1v) is 6.13. The minimum atomic E-state index is -0.444. The monoisotopic (exact) mass is 280 g/mol. The first-order chi connectivity index (χ1) is 9.10. The van der Waals surface area contributed by atoms with Crippen molar-refractivity contribution in [2.24, 2.45) is 0 Å². The fourth-order valence-corrected chi connectivity index (χ4v) is 1.67. The lowest BCUT2D eigenvalue weighted by atomic mass is 10.3. The molecule has 0 aliphatic heterocycles. The van der Waals surface area contributed by atoms with Gasteiger partial charge in [0.1, 0.15) is 11.5 Å². The van der Waals surface area contributed by atoms with Crippen molar-refractivity contribution in [1.82, 2.24) is 10.1 Å². The number of nitrogens with zero attached hydrogens (tertiary/aromatic N) is 2. The molecule has 0 bridgehead atoms. The molecule has 100 valence electrons. The van der Waals surface area contributed by atoms with Crippen molar-refractivity contribution in [1.29, 1.82) is 0 Å². The van der Waals surface area contributed by atoms with E-state index >= 15 is 0 Å². The van der Waals surface area contributed by atoms with Gasteiger partial charge in [-0.2, -0.15) is 0 Å². The maximum Gasteiger partial charge on any atom is 0.278 e. The number of aryl methyl sites for hydroxylation is 1. The predicted molar refractivity (Wildman–Crippen MR) is 72.6 cm³/mol. The van der Waals surface area contributed by atoms with Crippen LogP contribution in [0.1, 0.15) is 23.1 Å². The summed E-state index contributed by atoms with van der Waals surface area (Å²) in [6.45, 7) is 4.40. The van der Waals surface area contributed by atoms with Gasteiger partial charge in [0.05, 0.1) is 10.7 Å². The molecular weight excluding hydrogens is 268 g/mol. The van der Waals surface area contributed by atoms with Crippen LogP contribution in [0.4, 0.5) is 11.7 Å². The Hall–Kier alpha value is -2.08. The lowest BCUT2D eigenvalue weighted by molar-refractivity contribution is 0.101. The van der Waals surface area contributed by atoms with E-state index in [9.17, 15) is 4.79 Å². The number of rotatable bonds is 4. The van der Waals surface area contributed by atoms with E-state index in [1.807, 2.05) is 6.92 Å². The largest absolute Gasteiger partial charge is 0.370 e. The minimum absolute atomic E-state index is 0.133. The Bertz CT molecular complexity index is 597. The van der Waals surface area contributed by atoms with E-state index in [0.717, 1.165) is 0 Å². The quantitative estimate of drug-likeness (QED) is 0.900. The van der Waals surface area contributed by atoms with E-state index in [0.29, 0.717) is 18.1 Å². The summed E-state index contributed by atoms with van der Waals surface area (Å²) in [5, 5.41) is 9.51. The molecule has 0 aliphatic rings. The van der Waals surface area contributed by atoms with Crippen LogP contribution >= 0.6 is 11.6 Å². The van der Waals surface area contributed by atoms with Crippen molar-refractivity contribution >= 4 is 29.2 Å². The van der Waals surface area contributed by atoms with E-state index in [-0.39, 0.29) is 16.6 Å². The molecule has 0 atom stereocenters. The number of hydrogen-bond donors (Lipinski definition) is 2. The number of hydrogen-bond acceptors (Lipinski definition) is 5. The molecular formula is C12H13ClN4O2. The van der Waals surface area contributed by atoms with Gasteiger partial charge in [0.15, 0.2) is 0 Å². The number of nitrogens with one attached hydrogen (secondary N) is 2. The van der Waals surface area contributed by atoms with Crippen LogP contribution in [0, 0.1) is 6.92 Å². The molecule has 2 heterocycles. The van der Waals surface area contributed by atoms with E-state index in [1.165, 1.54) is 0 Å². The van der Waals surface area contributed by atoms with Gasteiger partial charge in [-0.15, -0.1) is 0 Å². The minimum Gasteiger partial charge on any atom is -0.370 e. The molecule has 0 unspecified atom stereocenters. The Labute approximate surface area is 115 Å². The summed E-state index contributed by atoms with van der Waals surface area (Å²) in [4.78, 5) is 16.2. The molecule has 7 heteroatoms. The van der Waals surface area contributed by atoms with Gasteiger partial charge in [-0.05, 0) is 26.0 Å². The van der Waals surface area contributed by atoms with Crippen molar-refractivity contribution in [2.75, 3.05) is 17.2 Å². The van der Waals surface area contributed by atoms with E-state index in [2.05, 4.69) is 20.8 Å². The first kappa shape index (κ1) is 13.4. The van der Waals surface area contributed by atoms with Crippen LogP contribution in [0.3, 0.4) is 0 Å². The Morgan fingerprint density at radius 1 is 1.47 bits per heavy atom. The number of amides is 1. The van der Waals surface area contributed by atoms with Crippen LogP contribution in [0.2, 0.25) is 5.02 Å². The van der Waals surface area contributed by atoms with Crippen LogP contribution in [0.5, 0.6) is 0 Å². The van der Waals surface area contributed by atoms with Gasteiger partial charge in [-0.3, -0.25) is 10.1 Å². The van der Waals surface area contributed by atoms with E-state index < -0.39 is 5.91 Å². The van der Waals surface area contributed by atoms with Gasteiger partial charge in [0.2, 0.25) is 5.88 Å². The third-order valence-electron chi connectivity index (χ3n) is 2.28. The molecule has 0 aliphatic carbocycles. The standard InChI is InChI=1S/C12H13ClN4O2/c1-3-14-9-5-4-8(13)11(15-9)12(18)16-10-6-7(2)17-19-10/h4-6H,3H2,1-2H3,(H,14,15)(H,16,18). The molecule has 0 saturated carbocycles. The summed E-state index contributed by atoms with van der Waals surface area (Å²) in [5.41, 5.74) is 0.810. The van der Waals surface area contributed by atoms with Crippen LogP contribution in [0.25, 0.3) is 0 Å². The molecule has 2 N–H and O–H groups in total. The molecule has 0 fully saturated rings. The van der Waals surface area contributed by atoms with Gasteiger partial charge in [0.25, 0.3) is 5.91 Å². The Morgan fingerprint density at radius 3 is 2.89 bits per heavy atom. The highest BCUT2D eigenvalue weighted by Gasteiger charge is 2.15. The van der Waals surface area contributed by atoms with Crippen molar-refractivity contribution in [2.45, 2.75) is 13.8 Å². The number of halogens is 1. The molecule has 0 saturated heterocycles. The Kier molecular flexibility index (Phi) is 4.01. The highest BCUT2D eigenvalue weighted by Crippen LogP contribution is 2.18. The molecule has 19 heavy (non-hydrogen) atoms. The normalized spacial score (nSPS) is 10.3. The molecule has 2 rings (SSSR count). The highest BCUT2D eigenvalue weighted by atomic mass is 35.5. The maximum absolute atomic E-state index is 12.0. The second kappa shape index (κ2) is 5.71. The Balaban J connectivity index is 2.20. The van der Waals surface area contributed by atoms with Crippen LogP contribution in [0.15, 0.2) is 22.7 Å². The molecule has 6 nitrogen and oxygen atoms in total. The summed E-state index contributed by atoms with van der Waals surface area (Å²) in [5.74, 6) is 0.404. The van der Waals surface area contributed by atoms with Crippen LogP contribution < -0.4 is 10.6 Å². The topological polar surface area (TPSA) is 80.0 Å². The van der Waals surface area contributed by atoms with Gasteiger partial charge in [-0.1, -0.05) is 16.8 Å². The molecule has 0 radical (unpaired) electrons. The SMILES string of the molecule is CCNc1ccc(Cl)c(C(=O)Nc2cc(C)no2)n1. The molecule has 2 aromatic heterocycles. The third-order valence-corrected chi connectivity index (χ3v) is 2.59. The lowest BCUT2D eigenvalue weighted by Crippen LogP contribution is -2.15. The van der Waals surface area contributed by atoms with Crippen molar-refractivity contribution in [3.8, 4) is 0 Å². The second-order valence-electron chi connectivity index (χ2n) is 3.84. The smallest absolute Gasteiger partial charge is 0.278 e. The summed E-state index contributed by atoms with van der Waals surface area (Å²) < 4.78 is 4.91. The van der Waals surface area contributed by atoms with Crippen LogP contribution in [-0.4, -0.2) is 22.6 Å². The molecule has 2 aromatic rings. The average molecular weight is 281 g/mol. The molecule has 0 spiro atoms. The van der Waals surface area contributed by atoms with Crippen molar-refractivity contribution in [3.05, 3.63) is 34.6 Å². The third kappa shape index (κ3) is 3.23. The van der Waals surface area contributed by atoms with E-state index in [1.54, 1.807) is 25.1 Å². The number of pyridine rings is 1. The number of carbonyl (C=O) groups excluding carboxylic acids is 1. The fourth-order valence-electron chi connectivity index (χ4n) is 1.47. The van der Waals surface area contributed by atoms with Gasteiger partial charge >= 0.3 is 0 Å². The maximum atomic E-state index is 12.0. The molecule has 1 amide bonds. The summed E-state index contributed by atoms with van der Waals surface area (Å²) in [7, 11) is 0. The zero-order valence-corrected chi connectivity index (χ0v) is 11.3. The zero-order valence-electron chi connectivity index (χ0n) is 10.5. The number of carbonyl (C=O) groups is 1. The first-order valence-electron chi connectivity index (χ1n) is 5.75.